The average Bonchev–Trinajstić information content (AvgIpc) is 1.79. The Labute approximate surface area is 82.8 Å². The van der Waals surface area contributed by atoms with E-state index in [9.17, 15) is 0 Å². The first kappa shape index (κ1) is 13.3. The molecule has 0 saturated carbocycles. The Balaban J connectivity index is 4.05. The van der Waals surface area contributed by atoms with Gasteiger partial charge in [-0.3, -0.25) is 0 Å². The van der Waals surface area contributed by atoms with E-state index >= 15 is 0 Å². The summed E-state index contributed by atoms with van der Waals surface area (Å²) in [6.45, 7) is 11.9. The maximum Gasteiger partial charge on any atom is 0.333 e. The molecule has 0 atom stereocenters. The zero-order valence-electron chi connectivity index (χ0n) is 9.67. The molecule has 0 heterocycles. The van der Waals surface area contributed by atoms with Gasteiger partial charge < -0.3 is 13.6 Å². The van der Waals surface area contributed by atoms with Crippen molar-refractivity contribution in [2.45, 2.75) is 52.7 Å². The molecule has 0 amide bonds. The maximum absolute atomic E-state index is 5.58. The van der Waals surface area contributed by atoms with E-state index in [0.29, 0.717) is 0 Å². The fraction of sp³-hybridized carbons (Fsp3) is 1.00. The Morgan fingerprint density at radius 3 is 1.23 bits per heavy atom. The van der Waals surface area contributed by atoms with Gasteiger partial charge in [0, 0.05) is 7.11 Å². The summed E-state index contributed by atoms with van der Waals surface area (Å²) in [5, 5.41) is 0. The minimum absolute atomic E-state index is 0.229. The Morgan fingerprint density at radius 2 is 1.08 bits per heavy atom. The van der Waals surface area contributed by atoms with Gasteiger partial charge in [-0.2, -0.15) is 0 Å². The molecule has 80 valence electrons. The van der Waals surface area contributed by atoms with Gasteiger partial charge in [-0.25, -0.2) is 0 Å². The second-order valence-electron chi connectivity index (χ2n) is 4.81. The molecule has 0 N–H and O–H groups in total. The highest BCUT2D eigenvalue weighted by molar-refractivity contribution is 7.41. The topological polar surface area (TPSA) is 27.7 Å². The van der Waals surface area contributed by atoms with Gasteiger partial charge in [-0.05, 0) is 41.5 Å². The minimum Gasteiger partial charge on any atom is -0.316 e. The first-order chi connectivity index (χ1) is 5.64. The molecule has 0 aromatic carbocycles. The lowest BCUT2D eigenvalue weighted by atomic mass is 10.2. The van der Waals surface area contributed by atoms with Gasteiger partial charge in [-0.1, -0.05) is 0 Å². The predicted molar refractivity (Wildman–Crippen MR) is 55.6 cm³/mol. The average molecular weight is 208 g/mol. The van der Waals surface area contributed by atoms with Crippen LogP contribution >= 0.6 is 8.60 Å². The first-order valence-electron chi connectivity index (χ1n) is 4.36. The lowest BCUT2D eigenvalue weighted by Crippen LogP contribution is -2.22. The van der Waals surface area contributed by atoms with Crippen LogP contribution in [-0.2, 0) is 13.6 Å². The van der Waals surface area contributed by atoms with Gasteiger partial charge in [0.05, 0.1) is 11.2 Å². The summed E-state index contributed by atoms with van der Waals surface area (Å²) in [6.07, 6.45) is 0. The van der Waals surface area contributed by atoms with Crippen molar-refractivity contribution in [3.63, 3.8) is 0 Å². The van der Waals surface area contributed by atoms with Crippen LogP contribution in [0.15, 0.2) is 0 Å². The molecule has 0 aliphatic carbocycles. The van der Waals surface area contributed by atoms with Crippen LogP contribution in [0.1, 0.15) is 41.5 Å². The van der Waals surface area contributed by atoms with E-state index in [2.05, 4.69) is 0 Å². The van der Waals surface area contributed by atoms with Crippen molar-refractivity contribution in [2.75, 3.05) is 7.11 Å². The van der Waals surface area contributed by atoms with Crippen LogP contribution in [0.2, 0.25) is 0 Å². The molecule has 4 heteroatoms. The summed E-state index contributed by atoms with van der Waals surface area (Å²) in [5.74, 6) is 0. The van der Waals surface area contributed by atoms with Crippen molar-refractivity contribution < 1.29 is 13.6 Å². The van der Waals surface area contributed by atoms with Gasteiger partial charge in [0.15, 0.2) is 0 Å². The van der Waals surface area contributed by atoms with E-state index in [4.69, 9.17) is 13.6 Å². The van der Waals surface area contributed by atoms with Crippen molar-refractivity contribution in [3.8, 4) is 0 Å². The zero-order valence-corrected chi connectivity index (χ0v) is 10.6. The smallest absolute Gasteiger partial charge is 0.316 e. The summed E-state index contributed by atoms with van der Waals surface area (Å²) in [6, 6.07) is 0. The Bertz CT molecular complexity index is 130. The molecule has 0 saturated heterocycles. The summed E-state index contributed by atoms with van der Waals surface area (Å²) in [5.41, 5.74) is -0.458. The summed E-state index contributed by atoms with van der Waals surface area (Å²) in [4.78, 5) is 0. The van der Waals surface area contributed by atoms with E-state index in [1.807, 2.05) is 41.5 Å². The molecule has 0 unspecified atom stereocenters. The second-order valence-corrected chi connectivity index (χ2v) is 5.99. The molecule has 0 aromatic heterocycles. The van der Waals surface area contributed by atoms with Crippen molar-refractivity contribution in [2.24, 2.45) is 0 Å². The Morgan fingerprint density at radius 1 is 0.769 bits per heavy atom. The van der Waals surface area contributed by atoms with Crippen LogP contribution in [-0.4, -0.2) is 18.3 Å². The monoisotopic (exact) mass is 208 g/mol. The van der Waals surface area contributed by atoms with Crippen LogP contribution in [0.5, 0.6) is 0 Å². The second kappa shape index (κ2) is 4.70. The standard InChI is InChI=1S/C9H21O3P/c1-8(2,3)11-13(10-7)12-9(4,5)6/h1-7H3. The Hall–Kier alpha value is 0.310. The van der Waals surface area contributed by atoms with Gasteiger partial charge in [0.25, 0.3) is 0 Å². The normalized spacial score (nSPS) is 13.8. The van der Waals surface area contributed by atoms with E-state index in [1.165, 1.54) is 0 Å². The van der Waals surface area contributed by atoms with Crippen molar-refractivity contribution in [1.82, 2.24) is 0 Å². The fourth-order valence-electron chi connectivity index (χ4n) is 0.540. The highest BCUT2D eigenvalue weighted by atomic mass is 31.2. The lowest BCUT2D eigenvalue weighted by Gasteiger charge is -2.29. The molecule has 0 bridgehead atoms. The van der Waals surface area contributed by atoms with Crippen LogP contribution in [0.25, 0.3) is 0 Å². The van der Waals surface area contributed by atoms with Crippen LogP contribution < -0.4 is 0 Å². The fourth-order valence-corrected chi connectivity index (χ4v) is 1.62. The molecule has 13 heavy (non-hydrogen) atoms. The highest BCUT2D eigenvalue weighted by Gasteiger charge is 2.25. The molecular weight excluding hydrogens is 187 g/mol. The van der Waals surface area contributed by atoms with E-state index < -0.39 is 8.60 Å². The van der Waals surface area contributed by atoms with Crippen LogP contribution in [0, 0.1) is 0 Å². The van der Waals surface area contributed by atoms with Gasteiger partial charge in [0.1, 0.15) is 0 Å². The summed E-state index contributed by atoms with van der Waals surface area (Å²) >= 11 is 0. The van der Waals surface area contributed by atoms with E-state index in [-0.39, 0.29) is 11.2 Å². The predicted octanol–water partition coefficient (Wildman–Crippen LogP) is 3.49. The quantitative estimate of drug-likeness (QED) is 0.664. The maximum atomic E-state index is 5.58. The third-order valence-corrected chi connectivity index (χ3v) is 2.54. The third-order valence-electron chi connectivity index (χ3n) is 0.846. The number of rotatable bonds is 3. The third kappa shape index (κ3) is 8.63. The summed E-state index contributed by atoms with van der Waals surface area (Å²) in [7, 11) is 0.366. The van der Waals surface area contributed by atoms with Gasteiger partial charge in [0.2, 0.25) is 0 Å². The largest absolute Gasteiger partial charge is 0.333 e. The summed E-state index contributed by atoms with van der Waals surface area (Å²) < 4.78 is 16.3. The SMILES string of the molecule is COP(OC(C)(C)C)OC(C)(C)C. The molecule has 0 aliphatic rings. The number of hydrogen-bond donors (Lipinski definition) is 0. The molecule has 0 spiro atoms. The lowest BCUT2D eigenvalue weighted by molar-refractivity contribution is 0.0400. The van der Waals surface area contributed by atoms with Crippen LogP contribution in [0.3, 0.4) is 0 Å². The highest BCUT2D eigenvalue weighted by Crippen LogP contribution is 2.46. The molecule has 0 radical (unpaired) electrons. The van der Waals surface area contributed by atoms with Gasteiger partial charge >= 0.3 is 8.60 Å². The number of hydrogen-bond acceptors (Lipinski definition) is 3. The van der Waals surface area contributed by atoms with E-state index in [1.54, 1.807) is 7.11 Å². The molecule has 0 fully saturated rings. The molecule has 0 aromatic rings. The van der Waals surface area contributed by atoms with Crippen molar-refractivity contribution >= 4 is 8.60 Å². The molecule has 3 nitrogen and oxygen atoms in total. The molecule has 0 aliphatic heterocycles. The minimum atomic E-state index is -1.23. The zero-order chi connectivity index (χ0) is 10.7. The van der Waals surface area contributed by atoms with Crippen molar-refractivity contribution in [1.29, 1.82) is 0 Å². The van der Waals surface area contributed by atoms with Crippen LogP contribution in [0.4, 0.5) is 0 Å². The molecule has 0 rings (SSSR count). The molecular formula is C9H21O3P. The Kier molecular flexibility index (Phi) is 4.81. The van der Waals surface area contributed by atoms with Gasteiger partial charge in [-0.15, -0.1) is 0 Å². The first-order valence-corrected chi connectivity index (χ1v) is 5.46. The van der Waals surface area contributed by atoms with Crippen molar-refractivity contribution in [3.05, 3.63) is 0 Å². The van der Waals surface area contributed by atoms with E-state index in [0.717, 1.165) is 0 Å².